The van der Waals surface area contributed by atoms with E-state index in [1.54, 1.807) is 23.2 Å². The summed E-state index contributed by atoms with van der Waals surface area (Å²) < 4.78 is 0. The lowest BCUT2D eigenvalue weighted by atomic mass is 9.81. The molecular formula is C48H45N3O6. The van der Waals surface area contributed by atoms with Crippen LogP contribution in [-0.2, 0) is 11.2 Å². The molecule has 0 radical (unpaired) electrons. The standard InChI is InChI=1S/C48H45N3O6/c1-3-5-7-9-13-28(14-10-8-6-4-2)50-44(52)34-21-17-30-32-19-23-36-43-37(24-20-33(41(32)43)31-18-22-35(45(50)53)42(34)40(30)31)47(55)51(46(36)54)39(48(56)57)25-27-26-49-38-16-12-11-15-29(27)38/h11-12,15-24,26,28,39,49H,3-10,13-14,25H2,1-2H3,(H,56,57). The van der Waals surface area contributed by atoms with Gasteiger partial charge >= 0.3 is 5.97 Å². The second-order valence-electron chi connectivity index (χ2n) is 15.9. The first-order chi connectivity index (χ1) is 27.7. The number of unbranched alkanes of at least 4 members (excludes halogenated alkanes) is 6. The number of carboxylic acid groups (broad SMARTS) is 1. The fraction of sp³-hybridized carbons (Fsp3) is 0.312. The van der Waals surface area contributed by atoms with E-state index in [0.29, 0.717) is 27.5 Å². The molecule has 3 heterocycles. The van der Waals surface area contributed by atoms with Crippen LogP contribution in [0.5, 0.6) is 0 Å². The number of aromatic amines is 1. The molecule has 7 aromatic rings. The Morgan fingerprint density at radius 3 is 1.47 bits per heavy atom. The van der Waals surface area contributed by atoms with Crippen LogP contribution in [0.25, 0.3) is 54.0 Å². The van der Waals surface area contributed by atoms with E-state index in [4.69, 9.17) is 0 Å². The summed E-state index contributed by atoms with van der Waals surface area (Å²) in [4.78, 5) is 76.1. The van der Waals surface area contributed by atoms with Gasteiger partial charge in [0.2, 0.25) is 0 Å². The van der Waals surface area contributed by atoms with Crippen molar-refractivity contribution in [2.45, 2.75) is 96.6 Å². The number of rotatable bonds is 15. The Bertz CT molecular complexity index is 2670. The largest absolute Gasteiger partial charge is 0.480 e. The number of imide groups is 2. The summed E-state index contributed by atoms with van der Waals surface area (Å²) in [5.41, 5.74) is 3.08. The number of fused-ring (bicyclic) bond motifs is 3. The lowest BCUT2D eigenvalue weighted by molar-refractivity contribution is -0.141. The van der Waals surface area contributed by atoms with Crippen LogP contribution in [0.1, 0.15) is 125 Å². The van der Waals surface area contributed by atoms with Crippen LogP contribution in [-0.4, -0.2) is 61.6 Å². The third-order valence-electron chi connectivity index (χ3n) is 12.5. The van der Waals surface area contributed by atoms with Gasteiger partial charge in [-0.2, -0.15) is 0 Å². The van der Waals surface area contributed by atoms with Crippen molar-refractivity contribution in [3.05, 3.63) is 107 Å². The molecule has 0 saturated heterocycles. The van der Waals surface area contributed by atoms with E-state index in [1.165, 1.54) is 0 Å². The molecule has 2 N–H and O–H groups in total. The number of aromatic nitrogens is 1. The van der Waals surface area contributed by atoms with E-state index in [-0.39, 0.29) is 35.4 Å². The van der Waals surface area contributed by atoms with Crippen LogP contribution in [0.3, 0.4) is 0 Å². The maximum absolute atomic E-state index is 14.5. The summed E-state index contributed by atoms with van der Waals surface area (Å²) in [5, 5.41) is 17.2. The predicted molar refractivity (Wildman–Crippen MR) is 223 cm³/mol. The molecule has 0 saturated carbocycles. The highest BCUT2D eigenvalue weighted by Gasteiger charge is 2.42. The van der Waals surface area contributed by atoms with Crippen LogP contribution in [0.2, 0.25) is 0 Å². The number of aliphatic carboxylic acids is 1. The number of hydrogen-bond acceptors (Lipinski definition) is 5. The van der Waals surface area contributed by atoms with Crippen molar-refractivity contribution in [1.29, 1.82) is 0 Å². The number of carbonyl (C=O) groups excluding carboxylic acids is 4. The Morgan fingerprint density at radius 1 is 0.561 bits per heavy atom. The number of carbonyl (C=O) groups is 5. The smallest absolute Gasteiger partial charge is 0.327 e. The quantitative estimate of drug-likeness (QED) is 0.0464. The van der Waals surface area contributed by atoms with Crippen LogP contribution in [0.15, 0.2) is 79.0 Å². The minimum Gasteiger partial charge on any atom is -0.480 e. The molecule has 288 valence electrons. The van der Waals surface area contributed by atoms with E-state index in [1.807, 2.05) is 60.7 Å². The number of carboxylic acids is 1. The number of hydrogen-bond donors (Lipinski definition) is 2. The van der Waals surface area contributed by atoms with Gasteiger partial charge in [0.1, 0.15) is 6.04 Å². The number of amides is 4. The molecule has 1 unspecified atom stereocenters. The lowest BCUT2D eigenvalue weighted by Gasteiger charge is -2.35. The van der Waals surface area contributed by atoms with Crippen LogP contribution in [0, 0.1) is 0 Å². The third-order valence-corrected chi connectivity index (χ3v) is 12.5. The van der Waals surface area contributed by atoms with Gasteiger partial charge in [0.25, 0.3) is 23.6 Å². The van der Waals surface area contributed by atoms with Crippen molar-refractivity contribution in [1.82, 2.24) is 14.8 Å². The zero-order valence-electron chi connectivity index (χ0n) is 32.3. The fourth-order valence-corrected chi connectivity index (χ4v) is 9.73. The highest BCUT2D eigenvalue weighted by Crippen LogP contribution is 2.47. The molecule has 0 fully saturated rings. The summed E-state index contributed by atoms with van der Waals surface area (Å²) in [5.74, 6) is -3.09. The highest BCUT2D eigenvalue weighted by atomic mass is 16.4. The maximum atomic E-state index is 14.5. The lowest BCUT2D eigenvalue weighted by Crippen LogP contribution is -2.51. The van der Waals surface area contributed by atoms with Crippen LogP contribution in [0.4, 0.5) is 0 Å². The molecule has 2 aliphatic heterocycles. The van der Waals surface area contributed by atoms with E-state index >= 15 is 0 Å². The van der Waals surface area contributed by atoms with Crippen molar-refractivity contribution in [2.24, 2.45) is 0 Å². The topological polar surface area (TPSA) is 128 Å². The van der Waals surface area contributed by atoms with Gasteiger partial charge in [-0.15, -0.1) is 0 Å². The first kappa shape index (κ1) is 36.5. The summed E-state index contributed by atoms with van der Waals surface area (Å²) >= 11 is 0. The molecular weight excluding hydrogens is 715 g/mol. The molecule has 9 heteroatoms. The molecule has 57 heavy (non-hydrogen) atoms. The molecule has 0 bridgehead atoms. The molecule has 9 nitrogen and oxygen atoms in total. The number of benzene rings is 6. The van der Waals surface area contributed by atoms with Gasteiger partial charge in [-0.25, -0.2) is 4.79 Å². The zero-order valence-corrected chi connectivity index (χ0v) is 32.3. The van der Waals surface area contributed by atoms with Crippen molar-refractivity contribution in [2.75, 3.05) is 0 Å². The summed E-state index contributed by atoms with van der Waals surface area (Å²) in [6, 6.07) is 20.5. The average Bonchev–Trinajstić information content (AvgIpc) is 3.63. The van der Waals surface area contributed by atoms with E-state index in [2.05, 4.69) is 18.8 Å². The Balaban J connectivity index is 1.14. The van der Waals surface area contributed by atoms with Crippen molar-refractivity contribution in [3.63, 3.8) is 0 Å². The number of para-hydroxylation sites is 1. The molecule has 9 rings (SSSR count). The predicted octanol–water partition coefficient (Wildman–Crippen LogP) is 10.4. The van der Waals surface area contributed by atoms with Gasteiger partial charge in [0.15, 0.2) is 0 Å². The highest BCUT2D eigenvalue weighted by molar-refractivity contribution is 6.41. The molecule has 1 aromatic heterocycles. The van der Waals surface area contributed by atoms with E-state index in [9.17, 15) is 29.1 Å². The van der Waals surface area contributed by atoms with Gasteiger partial charge in [0.05, 0.1) is 0 Å². The minimum absolute atomic E-state index is 0.0567. The minimum atomic E-state index is -1.43. The molecule has 2 aliphatic rings. The van der Waals surface area contributed by atoms with Gasteiger partial charge in [0, 0.05) is 62.6 Å². The van der Waals surface area contributed by atoms with Crippen molar-refractivity contribution >= 4 is 83.6 Å². The Labute approximate surface area is 329 Å². The normalized spacial score (nSPS) is 14.9. The molecule has 0 aliphatic carbocycles. The molecule has 4 amide bonds. The Morgan fingerprint density at radius 2 is 1.02 bits per heavy atom. The van der Waals surface area contributed by atoms with Crippen molar-refractivity contribution in [3.8, 4) is 0 Å². The average molecular weight is 760 g/mol. The van der Waals surface area contributed by atoms with Gasteiger partial charge in [-0.3, -0.25) is 29.0 Å². The molecule has 0 spiro atoms. The van der Waals surface area contributed by atoms with Gasteiger partial charge in [-0.1, -0.05) is 108 Å². The summed E-state index contributed by atoms with van der Waals surface area (Å²) in [6.45, 7) is 4.36. The SMILES string of the molecule is CCCCCCC(CCCCCC)N1C(=O)c2ccc3c4ccc5c6c(ccc(c7ccc(c2c37)C1=O)c64)C(=O)N(C(Cc1c[nH]c2ccccc12)C(=O)O)C5=O. The van der Waals surface area contributed by atoms with Crippen molar-refractivity contribution < 1.29 is 29.1 Å². The van der Waals surface area contributed by atoms with Crippen LogP contribution >= 0.6 is 0 Å². The fourth-order valence-electron chi connectivity index (χ4n) is 9.73. The summed E-state index contributed by atoms with van der Waals surface area (Å²) in [7, 11) is 0. The van der Waals surface area contributed by atoms with Gasteiger partial charge in [-0.05, 0) is 81.1 Å². The zero-order chi connectivity index (χ0) is 39.5. The third kappa shape index (κ3) is 5.69. The second-order valence-corrected chi connectivity index (χ2v) is 15.9. The summed E-state index contributed by atoms with van der Waals surface area (Å²) in [6.07, 6.45) is 11.8. The van der Waals surface area contributed by atoms with E-state index < -0.39 is 23.8 Å². The number of nitrogens with one attached hydrogen (secondary N) is 1. The molecule has 1 atom stereocenters. The maximum Gasteiger partial charge on any atom is 0.327 e. The number of H-pyrrole nitrogens is 1. The first-order valence-electron chi connectivity index (χ1n) is 20.5. The molecule has 6 aromatic carbocycles. The monoisotopic (exact) mass is 759 g/mol. The second kappa shape index (κ2) is 14.4. The van der Waals surface area contributed by atoms with Gasteiger partial charge < -0.3 is 10.1 Å². The number of nitrogens with zero attached hydrogens (tertiary/aromatic N) is 2. The Hall–Kier alpha value is -6.09. The van der Waals surface area contributed by atoms with Crippen LogP contribution < -0.4 is 0 Å². The van der Waals surface area contributed by atoms with E-state index in [0.717, 1.165) is 112 Å². The first-order valence-corrected chi connectivity index (χ1v) is 20.5. The Kier molecular flexibility index (Phi) is 9.26.